The Hall–Kier alpha value is -1.36. The fraction of sp³-hybridized carbons (Fsp3) is 0.273. The van der Waals surface area contributed by atoms with E-state index >= 15 is 0 Å². The molecule has 0 unspecified atom stereocenters. The van der Waals surface area contributed by atoms with Gasteiger partial charge in [-0.25, -0.2) is 5.10 Å². The number of halogens is 1. The van der Waals surface area contributed by atoms with Crippen molar-refractivity contribution in [3.63, 3.8) is 0 Å². The highest BCUT2D eigenvalue weighted by Gasteiger charge is 2.25. The van der Waals surface area contributed by atoms with E-state index < -0.39 is 0 Å². The Morgan fingerprint density at radius 1 is 1.38 bits per heavy atom. The predicted octanol–water partition coefficient (Wildman–Crippen LogP) is 2.23. The minimum atomic E-state index is -0.189. The molecule has 5 heteroatoms. The molecular weight excluding hydrogens is 272 g/mol. The summed E-state index contributed by atoms with van der Waals surface area (Å²) < 4.78 is 6.56. The molecule has 0 saturated heterocycles. The van der Waals surface area contributed by atoms with E-state index in [1.54, 1.807) is 6.07 Å². The van der Waals surface area contributed by atoms with Gasteiger partial charge in [0.25, 0.3) is 5.56 Å². The summed E-state index contributed by atoms with van der Waals surface area (Å²) in [6.45, 7) is 0. The number of nitrogens with one attached hydrogen (secondary N) is 1. The van der Waals surface area contributed by atoms with Crippen LogP contribution in [-0.2, 0) is 0 Å². The lowest BCUT2D eigenvalue weighted by Crippen LogP contribution is -2.11. The number of aromatic amines is 1. The van der Waals surface area contributed by atoms with Gasteiger partial charge in [-0.15, -0.1) is 5.10 Å². The van der Waals surface area contributed by atoms with Gasteiger partial charge in [-0.05, 0) is 31.0 Å². The number of hydrogen-bond acceptors (Lipinski definition) is 3. The van der Waals surface area contributed by atoms with Crippen LogP contribution in [0.2, 0.25) is 0 Å². The second-order valence-corrected chi connectivity index (χ2v) is 4.78. The molecule has 1 saturated carbocycles. The zero-order valence-electron chi connectivity index (χ0n) is 8.37. The van der Waals surface area contributed by atoms with Crippen LogP contribution >= 0.6 is 15.9 Å². The van der Waals surface area contributed by atoms with E-state index in [1.807, 2.05) is 12.1 Å². The van der Waals surface area contributed by atoms with Gasteiger partial charge in [0.1, 0.15) is 6.10 Å². The third kappa shape index (κ3) is 1.71. The molecule has 0 aliphatic heterocycles. The number of rotatable bonds is 2. The number of benzene rings is 1. The molecular formula is C11H9BrN2O2. The van der Waals surface area contributed by atoms with Gasteiger partial charge in [0.2, 0.25) is 5.88 Å². The summed E-state index contributed by atoms with van der Waals surface area (Å²) >= 11 is 3.38. The van der Waals surface area contributed by atoms with Gasteiger partial charge in [-0.1, -0.05) is 15.9 Å². The standard InChI is InChI=1S/C11H9BrN2O2/c12-6-1-4-8-9(5-6)11(14-13-10(8)15)16-7-2-3-7/h1,4-5,7H,2-3H2,(H,13,15). The Morgan fingerprint density at radius 3 is 2.94 bits per heavy atom. The first-order valence-corrected chi connectivity index (χ1v) is 5.88. The summed E-state index contributed by atoms with van der Waals surface area (Å²) in [5, 5.41) is 7.76. The number of aromatic nitrogens is 2. The van der Waals surface area contributed by atoms with Crippen LogP contribution in [0.25, 0.3) is 10.8 Å². The first-order valence-electron chi connectivity index (χ1n) is 5.08. The Balaban J connectivity index is 2.22. The number of fused-ring (bicyclic) bond motifs is 1. The topological polar surface area (TPSA) is 55.0 Å². The Kier molecular flexibility index (Phi) is 2.21. The number of ether oxygens (including phenoxy) is 1. The normalized spacial score (nSPS) is 15.3. The molecule has 16 heavy (non-hydrogen) atoms. The maximum absolute atomic E-state index is 11.6. The van der Waals surface area contributed by atoms with Gasteiger partial charge < -0.3 is 4.74 Å². The van der Waals surface area contributed by atoms with E-state index in [1.165, 1.54) is 0 Å². The number of hydrogen-bond donors (Lipinski definition) is 1. The first kappa shape index (κ1) is 9.84. The molecule has 4 nitrogen and oxygen atoms in total. The van der Waals surface area contributed by atoms with Crippen molar-refractivity contribution in [1.29, 1.82) is 0 Å². The fourth-order valence-corrected chi connectivity index (χ4v) is 1.91. The number of nitrogens with zero attached hydrogens (tertiary/aromatic N) is 1. The zero-order valence-corrected chi connectivity index (χ0v) is 9.95. The van der Waals surface area contributed by atoms with Crippen LogP contribution in [-0.4, -0.2) is 16.3 Å². The van der Waals surface area contributed by atoms with E-state index in [4.69, 9.17) is 4.74 Å². The van der Waals surface area contributed by atoms with E-state index in [2.05, 4.69) is 26.1 Å². The molecule has 1 N–H and O–H groups in total. The second kappa shape index (κ2) is 3.59. The first-order chi connectivity index (χ1) is 7.74. The zero-order chi connectivity index (χ0) is 11.1. The van der Waals surface area contributed by atoms with Crippen molar-refractivity contribution in [2.45, 2.75) is 18.9 Å². The average molecular weight is 281 g/mol. The van der Waals surface area contributed by atoms with Crippen molar-refractivity contribution in [3.8, 4) is 5.88 Å². The third-order valence-corrected chi connectivity index (χ3v) is 3.01. The summed E-state index contributed by atoms with van der Waals surface area (Å²) in [4.78, 5) is 11.6. The summed E-state index contributed by atoms with van der Waals surface area (Å²) in [5.41, 5.74) is -0.189. The number of H-pyrrole nitrogens is 1. The fourth-order valence-electron chi connectivity index (χ4n) is 1.55. The molecule has 2 aromatic rings. The molecule has 1 aliphatic rings. The average Bonchev–Trinajstić information content (AvgIpc) is 3.06. The van der Waals surface area contributed by atoms with E-state index in [9.17, 15) is 4.79 Å². The molecule has 1 aromatic heterocycles. The molecule has 0 radical (unpaired) electrons. The van der Waals surface area contributed by atoms with Crippen LogP contribution in [0, 0.1) is 0 Å². The molecule has 0 spiro atoms. The van der Waals surface area contributed by atoms with E-state index in [0.29, 0.717) is 11.3 Å². The minimum Gasteiger partial charge on any atom is -0.473 e. The lowest BCUT2D eigenvalue weighted by Gasteiger charge is -2.06. The van der Waals surface area contributed by atoms with Crippen molar-refractivity contribution < 1.29 is 4.74 Å². The van der Waals surface area contributed by atoms with Crippen molar-refractivity contribution >= 4 is 26.7 Å². The van der Waals surface area contributed by atoms with Crippen molar-refractivity contribution in [1.82, 2.24) is 10.2 Å². The lowest BCUT2D eigenvalue weighted by molar-refractivity contribution is 0.291. The van der Waals surface area contributed by atoms with E-state index in [0.717, 1.165) is 22.7 Å². The molecule has 1 heterocycles. The van der Waals surface area contributed by atoms with E-state index in [-0.39, 0.29) is 11.7 Å². The molecule has 0 atom stereocenters. The van der Waals surface area contributed by atoms with Gasteiger partial charge in [0, 0.05) is 4.47 Å². The highest BCUT2D eigenvalue weighted by atomic mass is 79.9. The maximum Gasteiger partial charge on any atom is 0.272 e. The lowest BCUT2D eigenvalue weighted by atomic mass is 10.2. The Morgan fingerprint density at radius 2 is 2.19 bits per heavy atom. The molecule has 82 valence electrons. The highest BCUT2D eigenvalue weighted by Crippen LogP contribution is 2.30. The maximum atomic E-state index is 11.6. The van der Waals surface area contributed by atoms with Crippen LogP contribution < -0.4 is 10.3 Å². The highest BCUT2D eigenvalue weighted by molar-refractivity contribution is 9.10. The molecule has 1 aliphatic carbocycles. The monoisotopic (exact) mass is 280 g/mol. The minimum absolute atomic E-state index is 0.189. The Labute approximate surface area is 99.8 Å². The van der Waals surface area contributed by atoms with Crippen LogP contribution in [0.4, 0.5) is 0 Å². The van der Waals surface area contributed by atoms with Crippen LogP contribution in [0.3, 0.4) is 0 Å². The summed E-state index contributed by atoms with van der Waals surface area (Å²) in [6, 6.07) is 5.45. The van der Waals surface area contributed by atoms with Crippen LogP contribution in [0.1, 0.15) is 12.8 Å². The molecule has 0 bridgehead atoms. The summed E-state index contributed by atoms with van der Waals surface area (Å²) in [6.07, 6.45) is 2.40. The smallest absolute Gasteiger partial charge is 0.272 e. The molecule has 1 fully saturated rings. The van der Waals surface area contributed by atoms with Gasteiger partial charge in [-0.3, -0.25) is 4.79 Å². The Bertz CT molecular complexity index is 604. The third-order valence-electron chi connectivity index (χ3n) is 2.52. The van der Waals surface area contributed by atoms with Crippen LogP contribution in [0.5, 0.6) is 5.88 Å². The van der Waals surface area contributed by atoms with Gasteiger partial charge in [0.05, 0.1) is 10.8 Å². The van der Waals surface area contributed by atoms with Crippen molar-refractivity contribution in [2.24, 2.45) is 0 Å². The van der Waals surface area contributed by atoms with Crippen molar-refractivity contribution in [2.75, 3.05) is 0 Å². The molecule has 0 amide bonds. The van der Waals surface area contributed by atoms with Crippen molar-refractivity contribution in [3.05, 3.63) is 33.0 Å². The summed E-state index contributed by atoms with van der Waals surface area (Å²) in [5.74, 6) is 0.512. The van der Waals surface area contributed by atoms with Crippen LogP contribution in [0.15, 0.2) is 27.5 Å². The SMILES string of the molecule is O=c1[nH]nc(OC2CC2)c2cc(Br)ccc12. The van der Waals surface area contributed by atoms with Gasteiger partial charge in [-0.2, -0.15) is 0 Å². The van der Waals surface area contributed by atoms with Gasteiger partial charge >= 0.3 is 0 Å². The molecule has 1 aromatic carbocycles. The largest absolute Gasteiger partial charge is 0.473 e. The molecule has 3 rings (SSSR count). The quantitative estimate of drug-likeness (QED) is 0.918. The van der Waals surface area contributed by atoms with Gasteiger partial charge in [0.15, 0.2) is 0 Å². The predicted molar refractivity (Wildman–Crippen MR) is 63.7 cm³/mol. The second-order valence-electron chi connectivity index (χ2n) is 3.86. The summed E-state index contributed by atoms with van der Waals surface area (Å²) in [7, 11) is 0.